The maximum atomic E-state index is 10.8. The highest BCUT2D eigenvalue weighted by atomic mass is 35.5. The molecule has 0 aliphatic rings. The molecule has 0 saturated carbocycles. The minimum atomic E-state index is -0.263. The van der Waals surface area contributed by atoms with E-state index in [1.807, 2.05) is 12.1 Å². The number of hydrazone groups is 1. The Balaban J connectivity index is 2.09. The van der Waals surface area contributed by atoms with Crippen LogP contribution in [0.15, 0.2) is 41.5 Å². The van der Waals surface area contributed by atoms with E-state index in [1.54, 1.807) is 24.3 Å². The second kappa shape index (κ2) is 8.20. The number of rotatable bonds is 5. The summed E-state index contributed by atoms with van der Waals surface area (Å²) in [7, 11) is 0. The molecule has 2 aromatic rings. The molecule has 0 bridgehead atoms. The Kier molecular flexibility index (Phi) is 6.28. The number of benzene rings is 2. The van der Waals surface area contributed by atoms with E-state index in [-0.39, 0.29) is 5.91 Å². The van der Waals surface area contributed by atoms with Crippen molar-refractivity contribution in [2.75, 3.05) is 0 Å². The summed E-state index contributed by atoms with van der Waals surface area (Å²) in [6, 6.07) is 10.6. The van der Waals surface area contributed by atoms with Crippen LogP contribution in [0.25, 0.3) is 0 Å². The summed E-state index contributed by atoms with van der Waals surface area (Å²) < 4.78 is 5.67. The van der Waals surface area contributed by atoms with Crippen molar-refractivity contribution in [3.05, 3.63) is 62.6 Å². The van der Waals surface area contributed by atoms with Crippen molar-refractivity contribution in [2.24, 2.45) is 5.10 Å². The van der Waals surface area contributed by atoms with Gasteiger partial charge in [0.2, 0.25) is 5.91 Å². The summed E-state index contributed by atoms with van der Waals surface area (Å²) in [5.74, 6) is 0.126. The molecule has 23 heavy (non-hydrogen) atoms. The number of hydrogen-bond donors (Lipinski definition) is 1. The first-order valence-corrected chi connectivity index (χ1v) is 7.75. The molecule has 0 saturated heterocycles. The van der Waals surface area contributed by atoms with E-state index < -0.39 is 0 Å². The molecule has 4 nitrogen and oxygen atoms in total. The Bertz CT molecular complexity index is 708. The summed E-state index contributed by atoms with van der Waals surface area (Å²) in [6.45, 7) is 1.68. The molecule has 0 aliphatic heterocycles. The highest BCUT2D eigenvalue weighted by Gasteiger charge is 2.09. The van der Waals surface area contributed by atoms with Gasteiger partial charge in [0.25, 0.3) is 0 Å². The lowest BCUT2D eigenvalue weighted by atomic mass is 10.2. The van der Waals surface area contributed by atoms with Crippen molar-refractivity contribution in [1.29, 1.82) is 0 Å². The molecule has 0 aliphatic carbocycles. The Morgan fingerprint density at radius 3 is 2.35 bits per heavy atom. The predicted molar refractivity (Wildman–Crippen MR) is 93.7 cm³/mol. The number of halogens is 3. The highest BCUT2D eigenvalue weighted by Crippen LogP contribution is 2.34. The van der Waals surface area contributed by atoms with Crippen LogP contribution in [-0.4, -0.2) is 12.1 Å². The highest BCUT2D eigenvalue weighted by molar-refractivity contribution is 6.37. The maximum Gasteiger partial charge on any atom is 0.236 e. The average molecular weight is 372 g/mol. The number of carbonyl (C=O) groups excluding carboxylic acids is 1. The van der Waals surface area contributed by atoms with Crippen LogP contribution in [0, 0.1) is 0 Å². The van der Waals surface area contributed by atoms with Gasteiger partial charge in [-0.2, -0.15) is 5.10 Å². The third kappa shape index (κ3) is 5.43. The van der Waals surface area contributed by atoms with Gasteiger partial charge in [0.15, 0.2) is 5.75 Å². The first-order chi connectivity index (χ1) is 11.0. The van der Waals surface area contributed by atoms with Crippen molar-refractivity contribution < 1.29 is 9.53 Å². The summed E-state index contributed by atoms with van der Waals surface area (Å²) in [4.78, 5) is 10.8. The van der Waals surface area contributed by atoms with Gasteiger partial charge in [-0.25, -0.2) is 5.43 Å². The fraction of sp³-hybridized carbons (Fsp3) is 0.125. The molecule has 0 spiro atoms. The minimum Gasteiger partial charge on any atom is -0.486 e. The van der Waals surface area contributed by atoms with E-state index in [0.29, 0.717) is 33.0 Å². The Labute approximate surface area is 149 Å². The number of ether oxygens (including phenoxy) is 1. The number of nitrogens with one attached hydrogen (secondary N) is 1. The molecule has 1 amide bonds. The van der Waals surface area contributed by atoms with Gasteiger partial charge in [-0.1, -0.05) is 46.9 Å². The molecule has 120 valence electrons. The fourth-order valence-electron chi connectivity index (χ4n) is 1.73. The Hall–Kier alpha value is -1.75. The van der Waals surface area contributed by atoms with E-state index in [1.165, 1.54) is 13.1 Å². The lowest BCUT2D eigenvalue weighted by molar-refractivity contribution is -0.118. The van der Waals surface area contributed by atoms with Crippen LogP contribution in [0.3, 0.4) is 0 Å². The first-order valence-electron chi connectivity index (χ1n) is 6.61. The van der Waals surface area contributed by atoms with Gasteiger partial charge >= 0.3 is 0 Å². The summed E-state index contributed by atoms with van der Waals surface area (Å²) in [6.07, 6.45) is 1.45. The molecular weight excluding hydrogens is 359 g/mol. The van der Waals surface area contributed by atoms with Crippen LogP contribution in [0.4, 0.5) is 0 Å². The Morgan fingerprint density at radius 2 is 1.78 bits per heavy atom. The van der Waals surface area contributed by atoms with Crippen LogP contribution in [0.5, 0.6) is 5.75 Å². The molecule has 7 heteroatoms. The molecule has 0 fully saturated rings. The molecule has 0 unspecified atom stereocenters. The van der Waals surface area contributed by atoms with Gasteiger partial charge in [0.1, 0.15) is 6.61 Å². The standard InChI is InChI=1S/C16H13Cl3N2O2/c1-10(22)21-20-8-12-6-14(18)16(15(19)7-12)23-9-11-2-4-13(17)5-3-11/h2-8H,9H2,1H3,(H,21,22)/b20-8-. The van der Waals surface area contributed by atoms with Crippen LogP contribution in [0.2, 0.25) is 15.1 Å². The Morgan fingerprint density at radius 1 is 1.17 bits per heavy atom. The SMILES string of the molecule is CC(=O)N/N=C\c1cc(Cl)c(OCc2ccc(Cl)cc2)c(Cl)c1. The van der Waals surface area contributed by atoms with Crippen molar-refractivity contribution >= 4 is 46.9 Å². The molecule has 0 radical (unpaired) electrons. The first kappa shape index (κ1) is 17.6. The lowest BCUT2D eigenvalue weighted by Gasteiger charge is -2.11. The smallest absolute Gasteiger partial charge is 0.236 e. The van der Waals surface area contributed by atoms with Crippen molar-refractivity contribution in [1.82, 2.24) is 5.43 Å². The maximum absolute atomic E-state index is 10.8. The number of nitrogens with zero attached hydrogens (tertiary/aromatic N) is 1. The monoisotopic (exact) mass is 370 g/mol. The fourth-order valence-corrected chi connectivity index (χ4v) is 2.46. The molecule has 0 aromatic heterocycles. The zero-order chi connectivity index (χ0) is 16.8. The molecular formula is C16H13Cl3N2O2. The number of amides is 1. The van der Waals surface area contributed by atoms with Crippen LogP contribution in [0.1, 0.15) is 18.1 Å². The average Bonchev–Trinajstić information content (AvgIpc) is 2.48. The van der Waals surface area contributed by atoms with Gasteiger partial charge in [-0.15, -0.1) is 0 Å². The van der Waals surface area contributed by atoms with Crippen molar-refractivity contribution in [3.8, 4) is 5.75 Å². The number of carbonyl (C=O) groups is 1. The van der Waals surface area contributed by atoms with E-state index in [4.69, 9.17) is 39.5 Å². The third-order valence-electron chi connectivity index (χ3n) is 2.75. The second-order valence-electron chi connectivity index (χ2n) is 4.66. The van der Waals surface area contributed by atoms with Crippen LogP contribution < -0.4 is 10.2 Å². The van der Waals surface area contributed by atoms with Gasteiger partial charge in [0.05, 0.1) is 16.3 Å². The van der Waals surface area contributed by atoms with Gasteiger partial charge in [0, 0.05) is 11.9 Å². The molecule has 2 aromatic carbocycles. The van der Waals surface area contributed by atoms with Crippen molar-refractivity contribution in [3.63, 3.8) is 0 Å². The molecule has 2 rings (SSSR count). The van der Waals surface area contributed by atoms with E-state index >= 15 is 0 Å². The van der Waals surface area contributed by atoms with Gasteiger partial charge in [-0.05, 0) is 35.4 Å². The van der Waals surface area contributed by atoms with Crippen LogP contribution in [-0.2, 0) is 11.4 Å². The molecule has 0 heterocycles. The summed E-state index contributed by atoms with van der Waals surface area (Å²) in [5, 5.41) is 5.13. The lowest BCUT2D eigenvalue weighted by Crippen LogP contribution is -2.12. The second-order valence-corrected chi connectivity index (χ2v) is 5.91. The van der Waals surface area contributed by atoms with E-state index in [0.717, 1.165) is 5.56 Å². The molecule has 0 atom stereocenters. The molecule has 1 N–H and O–H groups in total. The number of hydrogen-bond acceptors (Lipinski definition) is 3. The third-order valence-corrected chi connectivity index (χ3v) is 3.57. The van der Waals surface area contributed by atoms with Crippen molar-refractivity contribution in [2.45, 2.75) is 13.5 Å². The normalized spacial score (nSPS) is 10.8. The van der Waals surface area contributed by atoms with Gasteiger partial charge in [-0.3, -0.25) is 4.79 Å². The summed E-state index contributed by atoms with van der Waals surface area (Å²) >= 11 is 18.2. The quantitative estimate of drug-likeness (QED) is 0.612. The zero-order valence-corrected chi connectivity index (χ0v) is 14.4. The van der Waals surface area contributed by atoms with Crippen LogP contribution >= 0.6 is 34.8 Å². The summed E-state index contributed by atoms with van der Waals surface area (Å²) in [5.41, 5.74) is 3.89. The zero-order valence-electron chi connectivity index (χ0n) is 12.1. The largest absolute Gasteiger partial charge is 0.486 e. The van der Waals surface area contributed by atoms with E-state index in [2.05, 4.69) is 10.5 Å². The van der Waals surface area contributed by atoms with E-state index in [9.17, 15) is 4.79 Å². The minimum absolute atomic E-state index is 0.263. The van der Waals surface area contributed by atoms with Gasteiger partial charge < -0.3 is 4.74 Å². The predicted octanol–water partition coefficient (Wildman–Crippen LogP) is 4.70. The topological polar surface area (TPSA) is 50.7 Å².